The summed E-state index contributed by atoms with van der Waals surface area (Å²) in [6, 6.07) is 27.9. The fraction of sp³-hybridized carbons (Fsp3) is 0.148. The normalized spacial score (nSPS) is 10.6. The summed E-state index contributed by atoms with van der Waals surface area (Å²) < 4.78 is 5.40. The molecule has 0 atom stereocenters. The van der Waals surface area contributed by atoms with Crippen molar-refractivity contribution in [1.82, 2.24) is 15.4 Å². The van der Waals surface area contributed by atoms with E-state index in [-0.39, 0.29) is 24.1 Å². The van der Waals surface area contributed by atoms with Gasteiger partial charge in [-0.2, -0.15) is 0 Å². The van der Waals surface area contributed by atoms with Crippen molar-refractivity contribution in [3.05, 3.63) is 124 Å². The Morgan fingerprint density at radius 3 is 2.32 bits per heavy atom. The largest absolute Gasteiger partial charge is 0.359 e. The zero-order valence-corrected chi connectivity index (χ0v) is 19.2. The highest BCUT2D eigenvalue weighted by molar-refractivity contribution is 6.30. The fourth-order valence-electron chi connectivity index (χ4n) is 3.53. The first kappa shape index (κ1) is 23.3. The van der Waals surface area contributed by atoms with Crippen LogP contribution in [-0.2, 0) is 19.5 Å². The summed E-state index contributed by atoms with van der Waals surface area (Å²) in [4.78, 5) is 27.4. The predicted octanol–water partition coefficient (Wildman–Crippen LogP) is 5.14. The molecule has 34 heavy (non-hydrogen) atoms. The van der Waals surface area contributed by atoms with Gasteiger partial charge in [-0.25, -0.2) is 0 Å². The van der Waals surface area contributed by atoms with Gasteiger partial charge in [-0.15, -0.1) is 0 Å². The summed E-state index contributed by atoms with van der Waals surface area (Å²) in [5.41, 5.74) is 2.76. The van der Waals surface area contributed by atoms with Gasteiger partial charge < -0.3 is 14.7 Å². The zero-order chi connectivity index (χ0) is 23.8. The lowest BCUT2D eigenvalue weighted by atomic mass is 10.1. The zero-order valence-electron chi connectivity index (χ0n) is 18.5. The van der Waals surface area contributed by atoms with Crippen LogP contribution >= 0.6 is 11.6 Å². The lowest BCUT2D eigenvalue weighted by Gasteiger charge is -2.21. The van der Waals surface area contributed by atoms with Gasteiger partial charge >= 0.3 is 0 Å². The molecule has 0 bridgehead atoms. The second-order valence-electron chi connectivity index (χ2n) is 7.82. The van der Waals surface area contributed by atoms with E-state index >= 15 is 0 Å². The maximum absolute atomic E-state index is 13.2. The predicted molar refractivity (Wildman–Crippen MR) is 130 cm³/mol. The van der Waals surface area contributed by atoms with Crippen LogP contribution in [0.3, 0.4) is 0 Å². The van der Waals surface area contributed by atoms with Gasteiger partial charge in [0.25, 0.3) is 11.8 Å². The average Bonchev–Trinajstić information content (AvgIpc) is 3.34. The van der Waals surface area contributed by atoms with Crippen LogP contribution in [0.25, 0.3) is 0 Å². The average molecular weight is 474 g/mol. The van der Waals surface area contributed by atoms with Gasteiger partial charge in [-0.05, 0) is 41.8 Å². The van der Waals surface area contributed by atoms with Crippen molar-refractivity contribution in [2.75, 3.05) is 6.54 Å². The van der Waals surface area contributed by atoms with Crippen LogP contribution in [0.2, 0.25) is 5.02 Å². The van der Waals surface area contributed by atoms with Crippen molar-refractivity contribution >= 4 is 23.4 Å². The molecule has 2 amide bonds. The maximum atomic E-state index is 13.2. The number of hydrogen-bond donors (Lipinski definition) is 1. The summed E-state index contributed by atoms with van der Waals surface area (Å²) in [7, 11) is 0. The van der Waals surface area contributed by atoms with Gasteiger partial charge in [0.05, 0.1) is 6.54 Å². The Kier molecular flexibility index (Phi) is 7.73. The Morgan fingerprint density at radius 2 is 1.59 bits per heavy atom. The Balaban J connectivity index is 1.43. The van der Waals surface area contributed by atoms with E-state index in [2.05, 4.69) is 10.5 Å². The number of benzene rings is 3. The standard InChI is InChI=1S/C27H24ClN3O3/c28-23-13-7-10-21(16-23)18-29-26(32)25-17-24(34-30-25)19-31(15-14-20-8-3-1-4-9-20)27(33)22-11-5-2-6-12-22/h1-13,16-17H,14-15,18-19H2,(H,29,32). The van der Waals surface area contributed by atoms with Crippen molar-refractivity contribution in [3.8, 4) is 0 Å². The SMILES string of the molecule is O=C(NCc1cccc(Cl)c1)c1cc(CN(CCc2ccccc2)C(=O)c2ccccc2)on1. The molecule has 7 heteroatoms. The molecule has 3 aromatic carbocycles. The smallest absolute Gasteiger partial charge is 0.273 e. The first-order chi connectivity index (χ1) is 16.6. The molecule has 6 nitrogen and oxygen atoms in total. The van der Waals surface area contributed by atoms with Crippen molar-refractivity contribution in [1.29, 1.82) is 0 Å². The molecule has 1 N–H and O–H groups in total. The Bertz CT molecular complexity index is 1240. The lowest BCUT2D eigenvalue weighted by Crippen LogP contribution is -2.32. The van der Waals surface area contributed by atoms with Crippen molar-refractivity contribution in [2.24, 2.45) is 0 Å². The summed E-state index contributed by atoms with van der Waals surface area (Å²) in [5.74, 6) is -0.0367. The summed E-state index contributed by atoms with van der Waals surface area (Å²) in [6.07, 6.45) is 0.695. The van der Waals surface area contributed by atoms with E-state index in [0.29, 0.717) is 35.9 Å². The van der Waals surface area contributed by atoms with E-state index in [1.807, 2.05) is 60.7 Å². The van der Waals surface area contributed by atoms with E-state index in [4.69, 9.17) is 16.1 Å². The van der Waals surface area contributed by atoms with Gasteiger partial charge in [0.2, 0.25) is 0 Å². The molecular formula is C27H24ClN3O3. The fourth-order valence-corrected chi connectivity index (χ4v) is 3.74. The van der Waals surface area contributed by atoms with Crippen molar-refractivity contribution in [3.63, 3.8) is 0 Å². The molecule has 172 valence electrons. The number of halogens is 1. The highest BCUT2D eigenvalue weighted by Crippen LogP contribution is 2.14. The molecule has 0 aliphatic rings. The van der Waals surface area contributed by atoms with Gasteiger partial charge in [0, 0.05) is 29.7 Å². The molecule has 1 aromatic heterocycles. The van der Waals surface area contributed by atoms with Gasteiger partial charge in [0.15, 0.2) is 11.5 Å². The van der Waals surface area contributed by atoms with Crippen LogP contribution in [0.15, 0.2) is 95.5 Å². The Hall–Kier alpha value is -3.90. The highest BCUT2D eigenvalue weighted by atomic mass is 35.5. The molecule has 0 unspecified atom stereocenters. The molecule has 4 rings (SSSR count). The van der Waals surface area contributed by atoms with Crippen LogP contribution in [0.4, 0.5) is 0 Å². The van der Waals surface area contributed by atoms with E-state index in [1.54, 1.807) is 35.2 Å². The number of nitrogens with zero attached hydrogens (tertiary/aromatic N) is 2. The number of rotatable bonds is 9. The monoisotopic (exact) mass is 473 g/mol. The maximum Gasteiger partial charge on any atom is 0.273 e. The van der Waals surface area contributed by atoms with Crippen LogP contribution in [0, 0.1) is 0 Å². The summed E-state index contributed by atoms with van der Waals surface area (Å²) in [6.45, 7) is 1.02. The Labute approximate surface area is 203 Å². The molecule has 0 aliphatic heterocycles. The van der Waals surface area contributed by atoms with Crippen LogP contribution in [0.5, 0.6) is 0 Å². The van der Waals surface area contributed by atoms with E-state index in [0.717, 1.165) is 11.1 Å². The van der Waals surface area contributed by atoms with E-state index in [9.17, 15) is 9.59 Å². The quantitative estimate of drug-likeness (QED) is 0.365. The molecule has 0 fully saturated rings. The van der Waals surface area contributed by atoms with Gasteiger partial charge in [-0.1, -0.05) is 77.4 Å². The molecule has 1 heterocycles. The summed E-state index contributed by atoms with van der Waals surface area (Å²) >= 11 is 5.99. The lowest BCUT2D eigenvalue weighted by molar-refractivity contribution is 0.0729. The Morgan fingerprint density at radius 1 is 0.882 bits per heavy atom. The number of amides is 2. The van der Waals surface area contributed by atoms with Crippen LogP contribution in [0.1, 0.15) is 37.7 Å². The minimum absolute atomic E-state index is 0.111. The third-order valence-electron chi connectivity index (χ3n) is 5.30. The highest BCUT2D eigenvalue weighted by Gasteiger charge is 2.20. The van der Waals surface area contributed by atoms with Crippen LogP contribution in [-0.4, -0.2) is 28.4 Å². The third-order valence-corrected chi connectivity index (χ3v) is 5.54. The number of hydrogen-bond acceptors (Lipinski definition) is 4. The van der Waals surface area contributed by atoms with Crippen LogP contribution < -0.4 is 5.32 Å². The molecule has 0 aliphatic carbocycles. The van der Waals surface area contributed by atoms with Gasteiger partial charge in [-0.3, -0.25) is 9.59 Å². The molecule has 0 spiro atoms. The van der Waals surface area contributed by atoms with Crippen molar-refractivity contribution in [2.45, 2.75) is 19.5 Å². The number of carbonyl (C=O) groups is 2. The summed E-state index contributed by atoms with van der Waals surface area (Å²) in [5, 5.41) is 7.31. The number of nitrogens with one attached hydrogen (secondary N) is 1. The second-order valence-corrected chi connectivity index (χ2v) is 8.26. The molecular weight excluding hydrogens is 450 g/mol. The van der Waals surface area contributed by atoms with Crippen molar-refractivity contribution < 1.29 is 14.1 Å². The number of carbonyl (C=O) groups excluding carboxylic acids is 2. The van der Waals surface area contributed by atoms with Gasteiger partial charge in [0.1, 0.15) is 0 Å². The molecule has 0 saturated carbocycles. The minimum atomic E-state index is -0.361. The molecule has 4 aromatic rings. The topological polar surface area (TPSA) is 75.4 Å². The first-order valence-corrected chi connectivity index (χ1v) is 11.3. The van der Waals surface area contributed by atoms with E-state index in [1.165, 1.54) is 0 Å². The first-order valence-electron chi connectivity index (χ1n) is 10.9. The molecule has 0 radical (unpaired) electrons. The van der Waals surface area contributed by atoms with E-state index < -0.39 is 0 Å². The third kappa shape index (κ3) is 6.33. The minimum Gasteiger partial charge on any atom is -0.359 e. The second kappa shape index (κ2) is 11.3. The molecule has 0 saturated heterocycles. The number of aromatic nitrogens is 1.